The first-order valence-corrected chi connectivity index (χ1v) is 13.1. The van der Waals surface area contributed by atoms with Gasteiger partial charge in [0, 0.05) is 38.8 Å². The van der Waals surface area contributed by atoms with E-state index in [1.807, 2.05) is 11.0 Å². The van der Waals surface area contributed by atoms with Crippen molar-refractivity contribution in [2.24, 2.45) is 0 Å². The number of alkyl halides is 3. The molecule has 1 aromatic carbocycles. The SMILES string of the molecule is O=C(CN1CCc2ccc(C(F)(F)F)cc2C1)NC1CN(C2CCOC2)C[C@@H]1OC1CCc2ccoc21. The second-order valence-corrected chi connectivity index (χ2v) is 10.6. The molecule has 0 radical (unpaired) electrons. The third-order valence-corrected chi connectivity index (χ3v) is 8.14. The lowest BCUT2D eigenvalue weighted by Gasteiger charge is -2.30. The summed E-state index contributed by atoms with van der Waals surface area (Å²) in [6.45, 7) is 3.91. The summed E-state index contributed by atoms with van der Waals surface area (Å²) in [5.74, 6) is 0.751. The van der Waals surface area contributed by atoms with E-state index in [4.69, 9.17) is 13.9 Å². The zero-order valence-electron chi connectivity index (χ0n) is 20.6. The number of carbonyl (C=O) groups is 1. The molecule has 2 fully saturated rings. The third-order valence-electron chi connectivity index (χ3n) is 8.14. The van der Waals surface area contributed by atoms with E-state index in [2.05, 4.69) is 10.2 Å². The van der Waals surface area contributed by atoms with Crippen LogP contribution in [0.15, 0.2) is 34.9 Å². The van der Waals surface area contributed by atoms with E-state index in [0.717, 1.165) is 43.3 Å². The lowest BCUT2D eigenvalue weighted by molar-refractivity contribution is -0.137. The molecule has 0 bridgehead atoms. The van der Waals surface area contributed by atoms with Crippen LogP contribution in [0, 0.1) is 0 Å². The van der Waals surface area contributed by atoms with E-state index in [1.54, 1.807) is 12.3 Å². The Balaban J connectivity index is 1.10. The molecule has 10 heteroatoms. The van der Waals surface area contributed by atoms with Crippen molar-refractivity contribution in [2.45, 2.75) is 62.7 Å². The van der Waals surface area contributed by atoms with Crippen LogP contribution in [0.25, 0.3) is 0 Å². The van der Waals surface area contributed by atoms with Gasteiger partial charge in [0.25, 0.3) is 0 Å². The minimum Gasteiger partial charge on any atom is -0.466 e. The van der Waals surface area contributed by atoms with E-state index >= 15 is 0 Å². The zero-order chi connectivity index (χ0) is 25.6. The molecule has 7 nitrogen and oxygen atoms in total. The number of halogens is 3. The molecule has 4 atom stereocenters. The Kier molecular flexibility index (Phi) is 6.77. The minimum absolute atomic E-state index is 0.115. The molecule has 200 valence electrons. The van der Waals surface area contributed by atoms with Gasteiger partial charge < -0.3 is 19.2 Å². The van der Waals surface area contributed by atoms with E-state index in [-0.39, 0.29) is 30.7 Å². The number of benzene rings is 1. The molecule has 2 saturated heterocycles. The Bertz CT molecular complexity index is 1130. The first kappa shape index (κ1) is 24.9. The van der Waals surface area contributed by atoms with Crippen molar-refractivity contribution in [3.63, 3.8) is 0 Å². The third kappa shape index (κ3) is 5.30. The van der Waals surface area contributed by atoms with Crippen molar-refractivity contribution >= 4 is 5.91 Å². The summed E-state index contributed by atoms with van der Waals surface area (Å²) in [6, 6.07) is 6.04. The van der Waals surface area contributed by atoms with Crippen LogP contribution in [0.1, 0.15) is 47.0 Å². The van der Waals surface area contributed by atoms with Gasteiger partial charge in [-0.05, 0) is 60.6 Å². The van der Waals surface area contributed by atoms with Crippen molar-refractivity contribution in [3.05, 3.63) is 58.5 Å². The number of aryl methyl sites for hydroxylation is 1. The lowest BCUT2D eigenvalue weighted by atomic mass is 9.97. The largest absolute Gasteiger partial charge is 0.466 e. The number of nitrogens with zero attached hydrogens (tertiary/aromatic N) is 2. The van der Waals surface area contributed by atoms with Gasteiger partial charge in [-0.3, -0.25) is 14.6 Å². The smallest absolute Gasteiger partial charge is 0.416 e. The number of hydrogen-bond acceptors (Lipinski definition) is 6. The number of amides is 1. The van der Waals surface area contributed by atoms with Gasteiger partial charge in [0.2, 0.25) is 5.91 Å². The van der Waals surface area contributed by atoms with Crippen LogP contribution in [0.4, 0.5) is 13.2 Å². The highest BCUT2D eigenvalue weighted by Gasteiger charge is 2.41. The molecule has 3 aliphatic heterocycles. The standard InChI is InChI=1S/C27H32F3N3O4/c28-27(29,30)20-3-1-17-5-8-32(12-19(17)11-20)15-25(34)31-22-13-33(21-7-9-35-16-21)14-24(22)37-23-4-2-18-6-10-36-26(18)23/h1,3,6,10-11,21-24H,2,4-5,7-9,12-16H2,(H,31,34)/t21?,22?,23?,24-/m0/s1. The van der Waals surface area contributed by atoms with E-state index in [9.17, 15) is 18.0 Å². The molecule has 2 aromatic rings. The number of ether oxygens (including phenoxy) is 2. The van der Waals surface area contributed by atoms with Crippen molar-refractivity contribution < 1.29 is 31.9 Å². The molecule has 1 N–H and O–H groups in total. The average Bonchev–Trinajstić information content (AvgIpc) is 3.65. The fraction of sp³-hybridized carbons (Fsp3) is 0.593. The van der Waals surface area contributed by atoms with Crippen molar-refractivity contribution in [2.75, 3.05) is 39.4 Å². The van der Waals surface area contributed by atoms with Crippen molar-refractivity contribution in [3.8, 4) is 0 Å². The van der Waals surface area contributed by atoms with Crippen molar-refractivity contribution in [1.82, 2.24) is 15.1 Å². The van der Waals surface area contributed by atoms with Gasteiger partial charge >= 0.3 is 6.18 Å². The minimum atomic E-state index is -4.38. The highest BCUT2D eigenvalue weighted by molar-refractivity contribution is 5.78. The summed E-state index contributed by atoms with van der Waals surface area (Å²) in [7, 11) is 0. The normalized spacial score (nSPS) is 28.4. The van der Waals surface area contributed by atoms with Gasteiger partial charge in [-0.1, -0.05) is 6.07 Å². The van der Waals surface area contributed by atoms with Gasteiger partial charge in [0.05, 0.1) is 37.1 Å². The maximum atomic E-state index is 13.2. The van der Waals surface area contributed by atoms with Gasteiger partial charge in [-0.2, -0.15) is 13.2 Å². The monoisotopic (exact) mass is 519 g/mol. The molecule has 4 aliphatic rings. The molecule has 0 saturated carbocycles. The Hall–Kier alpha value is -2.40. The molecular formula is C27H32F3N3O4. The van der Waals surface area contributed by atoms with Gasteiger partial charge in [0.1, 0.15) is 11.9 Å². The van der Waals surface area contributed by atoms with Gasteiger partial charge in [-0.15, -0.1) is 0 Å². The van der Waals surface area contributed by atoms with Crippen LogP contribution in [0.3, 0.4) is 0 Å². The summed E-state index contributed by atoms with van der Waals surface area (Å²) in [5.41, 5.74) is 2.09. The van der Waals surface area contributed by atoms with Crippen molar-refractivity contribution in [1.29, 1.82) is 0 Å². The van der Waals surface area contributed by atoms with E-state index in [1.165, 1.54) is 11.6 Å². The zero-order valence-corrected chi connectivity index (χ0v) is 20.6. The first-order valence-electron chi connectivity index (χ1n) is 13.1. The number of carbonyl (C=O) groups excluding carboxylic acids is 1. The molecule has 0 spiro atoms. The number of furan rings is 1. The number of likely N-dealkylation sites (tertiary alicyclic amines) is 1. The van der Waals surface area contributed by atoms with Gasteiger partial charge in [-0.25, -0.2) is 0 Å². The fourth-order valence-electron chi connectivity index (χ4n) is 6.17. The maximum Gasteiger partial charge on any atom is 0.416 e. The Morgan fingerprint density at radius 2 is 2.00 bits per heavy atom. The Morgan fingerprint density at radius 3 is 2.81 bits per heavy atom. The molecule has 6 rings (SSSR count). The summed E-state index contributed by atoms with van der Waals surface area (Å²) in [5, 5.41) is 3.18. The van der Waals surface area contributed by atoms with Crippen LogP contribution in [-0.4, -0.2) is 73.3 Å². The predicted molar refractivity (Wildman–Crippen MR) is 128 cm³/mol. The molecule has 4 heterocycles. The quantitative estimate of drug-likeness (QED) is 0.632. The van der Waals surface area contributed by atoms with Crippen LogP contribution < -0.4 is 5.32 Å². The maximum absolute atomic E-state index is 13.2. The summed E-state index contributed by atoms with van der Waals surface area (Å²) >= 11 is 0. The van der Waals surface area contributed by atoms with Crippen LogP contribution in [-0.2, 0) is 39.8 Å². The number of nitrogens with one attached hydrogen (secondary N) is 1. The fourth-order valence-corrected chi connectivity index (χ4v) is 6.17. The van der Waals surface area contributed by atoms with Crippen LogP contribution >= 0.6 is 0 Å². The second-order valence-electron chi connectivity index (χ2n) is 10.6. The number of rotatable bonds is 6. The van der Waals surface area contributed by atoms with E-state index < -0.39 is 11.7 Å². The predicted octanol–water partition coefficient (Wildman–Crippen LogP) is 3.32. The highest BCUT2D eigenvalue weighted by Crippen LogP contribution is 2.37. The molecule has 1 aliphatic carbocycles. The second kappa shape index (κ2) is 10.1. The highest BCUT2D eigenvalue weighted by atomic mass is 19.4. The molecular weight excluding hydrogens is 487 g/mol. The van der Waals surface area contributed by atoms with Crippen LogP contribution in [0.5, 0.6) is 0 Å². The van der Waals surface area contributed by atoms with Gasteiger partial charge in [0.15, 0.2) is 0 Å². The average molecular weight is 520 g/mol. The lowest BCUT2D eigenvalue weighted by Crippen LogP contribution is -2.48. The Morgan fingerprint density at radius 1 is 1.11 bits per heavy atom. The molecule has 1 aromatic heterocycles. The van der Waals surface area contributed by atoms with E-state index in [0.29, 0.717) is 50.8 Å². The first-order chi connectivity index (χ1) is 17.8. The summed E-state index contributed by atoms with van der Waals surface area (Å²) in [4.78, 5) is 17.4. The molecule has 3 unspecified atom stereocenters. The Labute approximate surface area is 213 Å². The molecule has 37 heavy (non-hydrogen) atoms. The summed E-state index contributed by atoms with van der Waals surface area (Å²) in [6.07, 6.45) is 0.407. The topological polar surface area (TPSA) is 67.2 Å². The molecule has 1 amide bonds. The van der Waals surface area contributed by atoms with Crippen LogP contribution in [0.2, 0.25) is 0 Å². The summed E-state index contributed by atoms with van der Waals surface area (Å²) < 4.78 is 57.3. The number of hydrogen-bond donors (Lipinski definition) is 1. The number of fused-ring (bicyclic) bond motifs is 2.